The second kappa shape index (κ2) is 9.70. The summed E-state index contributed by atoms with van der Waals surface area (Å²) in [5.41, 5.74) is 0. The zero-order chi connectivity index (χ0) is 14.0. The zero-order valence-corrected chi connectivity index (χ0v) is 11.4. The molecule has 0 radical (unpaired) electrons. The van der Waals surface area contributed by atoms with Crippen LogP contribution in [0.3, 0.4) is 0 Å². The van der Waals surface area contributed by atoms with E-state index in [1.807, 2.05) is 13.8 Å². The normalized spacial score (nSPS) is 13.7. The monoisotopic (exact) mass is 260 g/mol. The lowest BCUT2D eigenvalue weighted by Gasteiger charge is -2.20. The first-order valence-electron chi connectivity index (χ1n) is 6.37. The molecule has 0 bridgehead atoms. The molecule has 2 amide bonds. The van der Waals surface area contributed by atoms with Crippen LogP contribution in [0.2, 0.25) is 0 Å². The highest BCUT2D eigenvalue weighted by Crippen LogP contribution is 2.07. The van der Waals surface area contributed by atoms with Crippen LogP contribution < -0.4 is 10.6 Å². The molecule has 0 rings (SSSR count). The van der Waals surface area contributed by atoms with E-state index in [9.17, 15) is 9.59 Å². The summed E-state index contributed by atoms with van der Waals surface area (Å²) in [5, 5.41) is 14.1. The number of carboxylic acid groups (broad SMARTS) is 1. The van der Waals surface area contributed by atoms with Gasteiger partial charge < -0.3 is 20.5 Å². The number of aliphatic carboxylic acids is 1. The maximum absolute atomic E-state index is 11.5. The van der Waals surface area contributed by atoms with Gasteiger partial charge in [0, 0.05) is 19.8 Å². The summed E-state index contributed by atoms with van der Waals surface area (Å²) in [6.45, 7) is 7.31. The average Bonchev–Trinajstić information content (AvgIpc) is 2.34. The van der Waals surface area contributed by atoms with E-state index in [4.69, 9.17) is 9.84 Å². The number of amides is 2. The van der Waals surface area contributed by atoms with E-state index >= 15 is 0 Å². The van der Waals surface area contributed by atoms with E-state index in [1.54, 1.807) is 6.92 Å². The molecular formula is C12H24N2O4. The predicted molar refractivity (Wildman–Crippen MR) is 68.5 cm³/mol. The fourth-order valence-electron chi connectivity index (χ4n) is 1.40. The van der Waals surface area contributed by atoms with Crippen LogP contribution in [0.5, 0.6) is 0 Å². The highest BCUT2D eigenvalue weighted by Gasteiger charge is 2.24. The summed E-state index contributed by atoms with van der Waals surface area (Å²) >= 11 is 0. The third kappa shape index (κ3) is 7.11. The largest absolute Gasteiger partial charge is 0.480 e. The van der Waals surface area contributed by atoms with Gasteiger partial charge in [-0.2, -0.15) is 0 Å². The first kappa shape index (κ1) is 16.7. The van der Waals surface area contributed by atoms with Gasteiger partial charge in [0.05, 0.1) is 0 Å². The molecule has 18 heavy (non-hydrogen) atoms. The number of hydrogen-bond donors (Lipinski definition) is 3. The highest BCUT2D eigenvalue weighted by atomic mass is 16.5. The minimum Gasteiger partial charge on any atom is -0.480 e. The lowest BCUT2D eigenvalue weighted by molar-refractivity contribution is -0.140. The maximum atomic E-state index is 11.5. The van der Waals surface area contributed by atoms with Crippen molar-refractivity contribution in [2.45, 2.75) is 39.7 Å². The third-order valence-electron chi connectivity index (χ3n) is 2.72. The number of urea groups is 1. The number of hydrogen-bond acceptors (Lipinski definition) is 3. The topological polar surface area (TPSA) is 87.7 Å². The van der Waals surface area contributed by atoms with Crippen LogP contribution in [-0.2, 0) is 9.53 Å². The first-order valence-corrected chi connectivity index (χ1v) is 6.37. The first-order chi connectivity index (χ1) is 8.52. The lowest BCUT2D eigenvalue weighted by atomic mass is 9.99. The summed E-state index contributed by atoms with van der Waals surface area (Å²) in [6.07, 6.45) is 1.41. The Morgan fingerprint density at radius 1 is 1.33 bits per heavy atom. The fourth-order valence-corrected chi connectivity index (χ4v) is 1.40. The van der Waals surface area contributed by atoms with Crippen LogP contribution in [-0.4, -0.2) is 42.9 Å². The maximum Gasteiger partial charge on any atom is 0.326 e. The molecule has 106 valence electrons. The van der Waals surface area contributed by atoms with E-state index in [0.717, 1.165) is 0 Å². The second-order valence-electron chi connectivity index (χ2n) is 4.15. The molecule has 0 aliphatic carbocycles. The van der Waals surface area contributed by atoms with Crippen molar-refractivity contribution < 1.29 is 19.4 Å². The number of rotatable bonds is 9. The third-order valence-corrected chi connectivity index (χ3v) is 2.72. The van der Waals surface area contributed by atoms with Crippen LogP contribution in [0, 0.1) is 5.92 Å². The fraction of sp³-hybridized carbons (Fsp3) is 0.833. The van der Waals surface area contributed by atoms with E-state index in [2.05, 4.69) is 10.6 Å². The second-order valence-corrected chi connectivity index (χ2v) is 4.15. The van der Waals surface area contributed by atoms with Crippen LogP contribution in [0.4, 0.5) is 4.79 Å². The lowest BCUT2D eigenvalue weighted by Crippen LogP contribution is -2.49. The molecule has 2 atom stereocenters. The van der Waals surface area contributed by atoms with Gasteiger partial charge in [0.15, 0.2) is 0 Å². The zero-order valence-electron chi connectivity index (χ0n) is 11.4. The van der Waals surface area contributed by atoms with Gasteiger partial charge >= 0.3 is 12.0 Å². The summed E-state index contributed by atoms with van der Waals surface area (Å²) in [4.78, 5) is 22.5. The number of ether oxygens (including phenoxy) is 1. The Bertz CT molecular complexity index is 258. The molecule has 0 fully saturated rings. The molecule has 1 unspecified atom stereocenters. The summed E-state index contributed by atoms with van der Waals surface area (Å²) in [7, 11) is 0. The quantitative estimate of drug-likeness (QED) is 0.544. The Morgan fingerprint density at radius 2 is 2.00 bits per heavy atom. The van der Waals surface area contributed by atoms with Crippen LogP contribution in [0.15, 0.2) is 0 Å². The van der Waals surface area contributed by atoms with Crippen molar-refractivity contribution in [3.05, 3.63) is 0 Å². The minimum absolute atomic E-state index is 0.100. The number of carbonyl (C=O) groups excluding carboxylic acids is 1. The Labute approximate surface area is 108 Å². The van der Waals surface area contributed by atoms with Gasteiger partial charge in [0.25, 0.3) is 0 Å². The van der Waals surface area contributed by atoms with Crippen LogP contribution in [0.25, 0.3) is 0 Å². The average molecular weight is 260 g/mol. The van der Waals surface area contributed by atoms with Crippen molar-refractivity contribution in [1.82, 2.24) is 10.6 Å². The van der Waals surface area contributed by atoms with E-state index in [-0.39, 0.29) is 5.92 Å². The molecule has 6 nitrogen and oxygen atoms in total. The number of carbonyl (C=O) groups is 2. The summed E-state index contributed by atoms with van der Waals surface area (Å²) in [5.74, 6) is -1.11. The molecule has 3 N–H and O–H groups in total. The van der Waals surface area contributed by atoms with Crippen LogP contribution in [0.1, 0.15) is 33.6 Å². The minimum atomic E-state index is -1.01. The van der Waals surface area contributed by atoms with Crippen molar-refractivity contribution >= 4 is 12.0 Å². The molecular weight excluding hydrogens is 236 g/mol. The van der Waals surface area contributed by atoms with Crippen molar-refractivity contribution in [3.8, 4) is 0 Å². The van der Waals surface area contributed by atoms with Crippen molar-refractivity contribution in [2.75, 3.05) is 19.8 Å². The molecule has 0 saturated heterocycles. The molecule has 0 aliphatic heterocycles. The van der Waals surface area contributed by atoms with E-state index in [1.165, 1.54) is 0 Å². The van der Waals surface area contributed by atoms with Crippen molar-refractivity contribution in [1.29, 1.82) is 0 Å². The van der Waals surface area contributed by atoms with Gasteiger partial charge in [-0.1, -0.05) is 20.3 Å². The Morgan fingerprint density at radius 3 is 2.50 bits per heavy atom. The molecule has 0 aromatic carbocycles. The van der Waals surface area contributed by atoms with Crippen molar-refractivity contribution in [3.63, 3.8) is 0 Å². The Hall–Kier alpha value is -1.30. The summed E-state index contributed by atoms with van der Waals surface area (Å²) in [6, 6.07) is -1.29. The van der Waals surface area contributed by atoms with E-state index < -0.39 is 18.0 Å². The smallest absolute Gasteiger partial charge is 0.326 e. The van der Waals surface area contributed by atoms with Gasteiger partial charge in [-0.25, -0.2) is 9.59 Å². The Balaban J connectivity index is 3.92. The molecule has 0 saturated carbocycles. The van der Waals surface area contributed by atoms with E-state index in [0.29, 0.717) is 32.6 Å². The number of nitrogens with one attached hydrogen (secondary N) is 2. The SMILES string of the molecule is CCOCCCNC(=O)N[C@H](C(=O)O)C(C)CC. The Kier molecular flexibility index (Phi) is 9.00. The van der Waals surface area contributed by atoms with Gasteiger partial charge in [-0.05, 0) is 19.3 Å². The highest BCUT2D eigenvalue weighted by molar-refractivity contribution is 5.82. The molecule has 0 aromatic rings. The standard InChI is InChI=1S/C12H24N2O4/c1-4-9(3)10(11(15)16)14-12(17)13-7-6-8-18-5-2/h9-10H,4-8H2,1-3H3,(H,15,16)(H2,13,14,17)/t9?,10-/m0/s1. The van der Waals surface area contributed by atoms with Crippen LogP contribution >= 0.6 is 0 Å². The van der Waals surface area contributed by atoms with Crippen molar-refractivity contribution in [2.24, 2.45) is 5.92 Å². The number of carboxylic acids is 1. The molecule has 0 spiro atoms. The van der Waals surface area contributed by atoms with Gasteiger partial charge in [-0.3, -0.25) is 0 Å². The molecule has 0 aliphatic rings. The summed E-state index contributed by atoms with van der Waals surface area (Å²) < 4.78 is 5.12. The molecule has 0 aromatic heterocycles. The van der Waals surface area contributed by atoms with Gasteiger partial charge in [0.2, 0.25) is 0 Å². The van der Waals surface area contributed by atoms with Gasteiger partial charge in [0.1, 0.15) is 6.04 Å². The molecule has 0 heterocycles. The predicted octanol–water partition coefficient (Wildman–Crippen LogP) is 1.21. The van der Waals surface area contributed by atoms with Gasteiger partial charge in [-0.15, -0.1) is 0 Å². The molecule has 6 heteroatoms.